The summed E-state index contributed by atoms with van der Waals surface area (Å²) < 4.78 is 36.1. The van der Waals surface area contributed by atoms with Crippen LogP contribution in [0, 0.1) is 0 Å². The summed E-state index contributed by atoms with van der Waals surface area (Å²) >= 11 is 0. The SMILES string of the molecule is [2H]c1c([2H])c([2H])c2c(-c3cc(-c4ccccc4)cc4ccccc34)c3ccccc3c(-c3ccc4ccccc4c3)c2c1[2H]. The van der Waals surface area contributed by atoms with Gasteiger partial charge in [0.15, 0.2) is 0 Å². The van der Waals surface area contributed by atoms with Crippen LogP contribution in [0.4, 0.5) is 0 Å². The predicted molar refractivity (Wildman–Crippen MR) is 173 cm³/mol. The van der Waals surface area contributed by atoms with Crippen molar-refractivity contribution in [3.63, 3.8) is 0 Å². The first-order valence-corrected chi connectivity index (χ1v) is 13.5. The van der Waals surface area contributed by atoms with Gasteiger partial charge in [0.25, 0.3) is 0 Å². The first-order chi connectivity index (χ1) is 21.5. The van der Waals surface area contributed by atoms with Crippen molar-refractivity contribution in [2.45, 2.75) is 0 Å². The zero-order chi connectivity index (χ0) is 29.9. The molecule has 0 aromatic heterocycles. The van der Waals surface area contributed by atoms with Gasteiger partial charge in [-0.2, -0.15) is 0 Å². The minimum Gasteiger partial charge on any atom is -0.0622 e. The van der Waals surface area contributed by atoms with E-state index in [4.69, 9.17) is 2.74 Å². The fourth-order valence-corrected chi connectivity index (χ4v) is 6.12. The van der Waals surface area contributed by atoms with Crippen molar-refractivity contribution >= 4 is 43.1 Å². The predicted octanol–water partition coefficient (Wildman–Crippen LogP) is 11.3. The molecule has 0 bridgehead atoms. The van der Waals surface area contributed by atoms with Crippen LogP contribution in [0.1, 0.15) is 5.48 Å². The van der Waals surface area contributed by atoms with Crippen molar-refractivity contribution < 1.29 is 5.48 Å². The monoisotopic (exact) mass is 510 g/mol. The van der Waals surface area contributed by atoms with Crippen LogP contribution in [0.15, 0.2) is 158 Å². The molecule has 8 aromatic carbocycles. The molecular weight excluding hydrogens is 480 g/mol. The van der Waals surface area contributed by atoms with E-state index in [0.717, 1.165) is 65.7 Å². The van der Waals surface area contributed by atoms with Crippen molar-refractivity contribution in [3.8, 4) is 33.4 Å². The van der Waals surface area contributed by atoms with Crippen LogP contribution < -0.4 is 0 Å². The van der Waals surface area contributed by atoms with Crippen molar-refractivity contribution in [1.29, 1.82) is 0 Å². The standard InChI is InChI=1S/C40H26/c1-2-12-27(13-3-1)32-25-30-16-6-7-17-33(30)38(26-32)40-36-20-10-8-18-34(36)39(35-19-9-11-21-37(35)40)31-23-22-28-14-4-5-15-29(28)24-31/h1-26H/i8D,10D,18D,20D. The van der Waals surface area contributed by atoms with Crippen molar-refractivity contribution in [2.75, 3.05) is 0 Å². The van der Waals surface area contributed by atoms with Crippen LogP contribution in [0.25, 0.3) is 76.5 Å². The quantitative estimate of drug-likeness (QED) is 0.207. The number of fused-ring (bicyclic) bond motifs is 4. The molecule has 0 radical (unpaired) electrons. The highest BCUT2D eigenvalue weighted by molar-refractivity contribution is 6.24. The molecule has 0 aliphatic carbocycles. The highest BCUT2D eigenvalue weighted by Gasteiger charge is 2.18. The average Bonchev–Trinajstić information content (AvgIpc) is 3.08. The highest BCUT2D eigenvalue weighted by Crippen LogP contribution is 2.46. The summed E-state index contributed by atoms with van der Waals surface area (Å²) in [6.45, 7) is 0. The van der Waals surface area contributed by atoms with Crippen LogP contribution >= 0.6 is 0 Å². The maximum absolute atomic E-state index is 9.32. The molecule has 0 atom stereocenters. The van der Waals surface area contributed by atoms with Crippen LogP contribution in [0.2, 0.25) is 0 Å². The average molecular weight is 511 g/mol. The van der Waals surface area contributed by atoms with E-state index in [1.807, 2.05) is 54.6 Å². The molecule has 8 aromatic rings. The number of benzene rings is 8. The Bertz CT molecular complexity index is 2430. The molecule has 8 rings (SSSR count). The Labute approximate surface area is 239 Å². The molecule has 0 spiro atoms. The van der Waals surface area contributed by atoms with E-state index in [1.165, 1.54) is 0 Å². The Hall–Kier alpha value is -5.20. The summed E-state index contributed by atoms with van der Waals surface area (Å²) in [7, 11) is 0. The molecule has 0 aliphatic rings. The Morgan fingerprint density at radius 2 is 0.925 bits per heavy atom. The molecule has 40 heavy (non-hydrogen) atoms. The van der Waals surface area contributed by atoms with Crippen LogP contribution in [-0.4, -0.2) is 0 Å². The van der Waals surface area contributed by atoms with E-state index in [1.54, 1.807) is 0 Å². The van der Waals surface area contributed by atoms with Gasteiger partial charge in [-0.05, 0) is 94.7 Å². The Morgan fingerprint density at radius 3 is 1.70 bits per heavy atom. The van der Waals surface area contributed by atoms with Gasteiger partial charge in [-0.1, -0.05) is 139 Å². The third kappa shape index (κ3) is 3.61. The lowest BCUT2D eigenvalue weighted by atomic mass is 9.83. The molecule has 0 fully saturated rings. The normalized spacial score (nSPS) is 12.9. The summed E-state index contributed by atoms with van der Waals surface area (Å²) in [5.41, 5.74) is 5.64. The van der Waals surface area contributed by atoms with Gasteiger partial charge in [0.05, 0.1) is 5.48 Å². The van der Waals surface area contributed by atoms with E-state index in [0.29, 0.717) is 10.8 Å². The molecule has 0 heterocycles. The molecule has 0 saturated heterocycles. The van der Waals surface area contributed by atoms with Crippen molar-refractivity contribution in [3.05, 3.63) is 158 Å². The van der Waals surface area contributed by atoms with E-state index >= 15 is 0 Å². The lowest BCUT2D eigenvalue weighted by molar-refractivity contribution is 1.63. The Balaban J connectivity index is 1.60. The van der Waals surface area contributed by atoms with Gasteiger partial charge in [-0.25, -0.2) is 0 Å². The zero-order valence-electron chi connectivity index (χ0n) is 25.7. The van der Waals surface area contributed by atoms with Gasteiger partial charge < -0.3 is 0 Å². The lowest BCUT2D eigenvalue weighted by Gasteiger charge is -2.20. The fraction of sp³-hybridized carbons (Fsp3) is 0. The van der Waals surface area contributed by atoms with E-state index in [2.05, 4.69) is 78.9 Å². The highest BCUT2D eigenvalue weighted by atomic mass is 14.2. The zero-order valence-corrected chi connectivity index (χ0v) is 21.7. The van der Waals surface area contributed by atoms with Gasteiger partial charge in [0.2, 0.25) is 0 Å². The van der Waals surface area contributed by atoms with Gasteiger partial charge in [-0.3, -0.25) is 0 Å². The number of hydrogen-bond donors (Lipinski definition) is 0. The summed E-state index contributed by atoms with van der Waals surface area (Å²) in [5, 5.41) is 7.27. The van der Waals surface area contributed by atoms with Gasteiger partial charge in [-0.15, -0.1) is 0 Å². The van der Waals surface area contributed by atoms with Crippen LogP contribution in [0.3, 0.4) is 0 Å². The van der Waals surface area contributed by atoms with Crippen LogP contribution in [0.5, 0.6) is 0 Å². The first-order valence-electron chi connectivity index (χ1n) is 15.5. The van der Waals surface area contributed by atoms with Gasteiger partial charge in [0.1, 0.15) is 0 Å². The minimum atomic E-state index is -0.230. The smallest absolute Gasteiger partial charge is 0.0622 e. The largest absolute Gasteiger partial charge is 0.0629 e. The topological polar surface area (TPSA) is 0 Å². The van der Waals surface area contributed by atoms with E-state index in [-0.39, 0.29) is 24.2 Å². The molecule has 0 saturated carbocycles. The maximum atomic E-state index is 9.32. The second-order valence-electron chi connectivity index (χ2n) is 10.2. The third-order valence-electron chi connectivity index (χ3n) is 7.93. The first kappa shape index (κ1) is 19.0. The molecule has 0 nitrogen and oxygen atoms in total. The third-order valence-corrected chi connectivity index (χ3v) is 7.93. The number of hydrogen-bond acceptors (Lipinski definition) is 0. The summed E-state index contributed by atoms with van der Waals surface area (Å²) in [6.07, 6.45) is 0. The molecule has 0 N–H and O–H groups in total. The van der Waals surface area contributed by atoms with E-state index in [9.17, 15) is 2.74 Å². The maximum Gasteiger partial charge on any atom is 0.0629 e. The summed E-state index contributed by atoms with van der Waals surface area (Å²) in [4.78, 5) is 0. The molecule has 0 heteroatoms. The molecule has 0 aliphatic heterocycles. The van der Waals surface area contributed by atoms with E-state index < -0.39 is 0 Å². The van der Waals surface area contributed by atoms with Crippen molar-refractivity contribution in [2.24, 2.45) is 0 Å². The molecule has 0 unspecified atom stereocenters. The molecule has 186 valence electrons. The molecule has 0 amide bonds. The minimum absolute atomic E-state index is 0.0281. The van der Waals surface area contributed by atoms with Crippen LogP contribution in [-0.2, 0) is 0 Å². The fourth-order valence-electron chi connectivity index (χ4n) is 6.12. The Kier molecular flexibility index (Phi) is 4.37. The van der Waals surface area contributed by atoms with Gasteiger partial charge in [0, 0.05) is 0 Å². The molecular formula is C40H26. The second kappa shape index (κ2) is 9.22. The number of rotatable bonds is 3. The van der Waals surface area contributed by atoms with Crippen molar-refractivity contribution in [1.82, 2.24) is 0 Å². The second-order valence-corrected chi connectivity index (χ2v) is 10.2. The Morgan fingerprint density at radius 1 is 0.350 bits per heavy atom. The summed E-state index contributed by atoms with van der Waals surface area (Å²) in [5.74, 6) is 0. The lowest BCUT2D eigenvalue weighted by Crippen LogP contribution is -1.92. The van der Waals surface area contributed by atoms with Gasteiger partial charge >= 0.3 is 0 Å². The summed E-state index contributed by atoms with van der Waals surface area (Å²) in [6, 6.07) is 45.0.